The van der Waals surface area contributed by atoms with Crippen LogP contribution < -0.4 is 0 Å². The number of phenols is 1. The number of hydrogen-bond acceptors (Lipinski definition) is 2. The van der Waals surface area contributed by atoms with Gasteiger partial charge in [-0.3, -0.25) is 4.79 Å². The van der Waals surface area contributed by atoms with Gasteiger partial charge >= 0.3 is 0 Å². The lowest BCUT2D eigenvalue weighted by molar-refractivity contribution is -0.130. The molecule has 1 aromatic rings. The minimum Gasteiger partial charge on any atom is -0.508 e. The number of carbonyl (C=O) groups excluding carboxylic acids is 1. The van der Waals surface area contributed by atoms with Crippen LogP contribution in [0.15, 0.2) is 24.3 Å². The number of halogens is 1. The fourth-order valence-corrected chi connectivity index (χ4v) is 1.92. The van der Waals surface area contributed by atoms with E-state index in [4.69, 9.17) is 5.11 Å². The van der Waals surface area contributed by atoms with Gasteiger partial charge in [-0.2, -0.15) is 0 Å². The molecule has 0 aliphatic rings. The minimum absolute atomic E-state index is 0.166. The van der Waals surface area contributed by atoms with Crippen LogP contribution in [0.3, 0.4) is 0 Å². The largest absolute Gasteiger partial charge is 0.508 e. The smallest absolute Gasteiger partial charge is 0.222 e. The molecule has 0 bridgehead atoms. The van der Waals surface area contributed by atoms with Crippen molar-refractivity contribution in [3.05, 3.63) is 29.8 Å². The van der Waals surface area contributed by atoms with Crippen LogP contribution in [0, 0.1) is 0 Å². The Morgan fingerprint density at radius 1 is 1.29 bits per heavy atom. The maximum Gasteiger partial charge on any atom is 0.222 e. The molecule has 0 spiro atoms. The molecule has 0 saturated carbocycles. The van der Waals surface area contributed by atoms with Gasteiger partial charge < -0.3 is 10.0 Å². The molecule has 0 fully saturated rings. The molecule has 1 amide bonds. The van der Waals surface area contributed by atoms with Gasteiger partial charge in [0.25, 0.3) is 0 Å². The highest BCUT2D eigenvalue weighted by molar-refractivity contribution is 9.09. The van der Waals surface area contributed by atoms with Crippen molar-refractivity contribution in [2.75, 3.05) is 12.4 Å². The first kappa shape index (κ1) is 14.0. The third-order valence-corrected chi connectivity index (χ3v) is 3.12. The number of rotatable bonds is 6. The fraction of sp³-hybridized carbons (Fsp3) is 0.462. The van der Waals surface area contributed by atoms with Crippen molar-refractivity contribution in [1.82, 2.24) is 4.90 Å². The fourth-order valence-electron chi connectivity index (χ4n) is 1.52. The van der Waals surface area contributed by atoms with Crippen LogP contribution in [0.2, 0.25) is 0 Å². The van der Waals surface area contributed by atoms with Crippen molar-refractivity contribution in [3.63, 3.8) is 0 Å². The normalized spacial score (nSPS) is 10.2. The van der Waals surface area contributed by atoms with E-state index in [1.54, 1.807) is 17.0 Å². The van der Waals surface area contributed by atoms with Crippen molar-refractivity contribution in [2.24, 2.45) is 0 Å². The molecule has 1 rings (SSSR count). The maximum absolute atomic E-state index is 11.8. The zero-order chi connectivity index (χ0) is 12.7. The molecule has 3 nitrogen and oxygen atoms in total. The Morgan fingerprint density at radius 2 is 1.94 bits per heavy atom. The summed E-state index contributed by atoms with van der Waals surface area (Å²) in [5.41, 5.74) is 1.03. The SMILES string of the molecule is CN(Cc1ccc(O)cc1)C(=O)CCCCBr. The molecule has 17 heavy (non-hydrogen) atoms. The molecule has 4 heteroatoms. The number of hydrogen-bond donors (Lipinski definition) is 1. The van der Waals surface area contributed by atoms with Gasteiger partial charge in [0.2, 0.25) is 5.91 Å². The summed E-state index contributed by atoms with van der Waals surface area (Å²) >= 11 is 3.35. The molecule has 94 valence electrons. The highest BCUT2D eigenvalue weighted by atomic mass is 79.9. The number of unbranched alkanes of at least 4 members (excludes halogenated alkanes) is 1. The lowest BCUT2D eigenvalue weighted by Crippen LogP contribution is -2.25. The molecular weight excluding hydrogens is 282 g/mol. The van der Waals surface area contributed by atoms with Gasteiger partial charge in [-0.05, 0) is 30.5 Å². The minimum atomic E-state index is 0.166. The molecule has 0 aliphatic carbocycles. The zero-order valence-electron chi connectivity index (χ0n) is 10.0. The van der Waals surface area contributed by atoms with E-state index in [9.17, 15) is 4.79 Å². The average Bonchev–Trinajstić information content (AvgIpc) is 2.32. The van der Waals surface area contributed by atoms with Gasteiger partial charge in [-0.15, -0.1) is 0 Å². The quantitative estimate of drug-likeness (QED) is 0.648. The average molecular weight is 300 g/mol. The second kappa shape index (κ2) is 7.33. The summed E-state index contributed by atoms with van der Waals surface area (Å²) in [5, 5.41) is 10.1. The van der Waals surface area contributed by atoms with Crippen molar-refractivity contribution in [3.8, 4) is 5.75 Å². The van der Waals surface area contributed by atoms with E-state index in [-0.39, 0.29) is 11.7 Å². The summed E-state index contributed by atoms with van der Waals surface area (Å²) in [6, 6.07) is 6.94. The van der Waals surface area contributed by atoms with Crippen molar-refractivity contribution >= 4 is 21.8 Å². The Labute approximate surface area is 111 Å². The number of benzene rings is 1. The van der Waals surface area contributed by atoms with Crippen LogP contribution in [-0.4, -0.2) is 28.3 Å². The first-order valence-corrected chi connectivity index (χ1v) is 6.83. The van der Waals surface area contributed by atoms with E-state index in [1.165, 1.54) is 0 Å². The second-order valence-corrected chi connectivity index (χ2v) is 4.86. The van der Waals surface area contributed by atoms with Crippen LogP contribution >= 0.6 is 15.9 Å². The van der Waals surface area contributed by atoms with Crippen LogP contribution in [0.1, 0.15) is 24.8 Å². The zero-order valence-corrected chi connectivity index (χ0v) is 11.6. The Bertz CT molecular complexity index is 351. The molecule has 0 aromatic heterocycles. The van der Waals surface area contributed by atoms with Crippen molar-refractivity contribution in [2.45, 2.75) is 25.8 Å². The van der Waals surface area contributed by atoms with Gasteiger partial charge in [0, 0.05) is 25.3 Å². The predicted octanol–water partition coefficient (Wildman–Crippen LogP) is 2.92. The highest BCUT2D eigenvalue weighted by Crippen LogP contribution is 2.12. The van der Waals surface area contributed by atoms with E-state index in [0.29, 0.717) is 13.0 Å². The van der Waals surface area contributed by atoms with Crippen molar-refractivity contribution < 1.29 is 9.90 Å². The molecule has 1 aromatic carbocycles. The number of carbonyl (C=O) groups is 1. The summed E-state index contributed by atoms with van der Waals surface area (Å²) in [7, 11) is 1.81. The van der Waals surface area contributed by atoms with Gasteiger partial charge in [-0.25, -0.2) is 0 Å². The van der Waals surface area contributed by atoms with E-state index in [0.717, 1.165) is 23.7 Å². The summed E-state index contributed by atoms with van der Waals surface area (Å²) < 4.78 is 0. The number of alkyl halides is 1. The summed E-state index contributed by atoms with van der Waals surface area (Å²) in [6.07, 6.45) is 2.54. The Morgan fingerprint density at radius 3 is 2.53 bits per heavy atom. The predicted molar refractivity (Wildman–Crippen MR) is 72.2 cm³/mol. The van der Waals surface area contributed by atoms with Gasteiger partial charge in [0.1, 0.15) is 5.75 Å². The van der Waals surface area contributed by atoms with Crippen LogP contribution in [0.5, 0.6) is 5.75 Å². The Kier molecular flexibility index (Phi) is 6.05. The Hall–Kier alpha value is -1.03. The molecule has 0 saturated heterocycles. The molecule has 0 unspecified atom stereocenters. The lowest BCUT2D eigenvalue weighted by Gasteiger charge is -2.17. The molecular formula is C13H18BrNO2. The van der Waals surface area contributed by atoms with Gasteiger partial charge in [0.05, 0.1) is 0 Å². The van der Waals surface area contributed by atoms with E-state index in [2.05, 4.69) is 15.9 Å². The monoisotopic (exact) mass is 299 g/mol. The third kappa shape index (κ3) is 5.22. The van der Waals surface area contributed by atoms with Crippen molar-refractivity contribution in [1.29, 1.82) is 0 Å². The first-order chi connectivity index (χ1) is 8.13. The highest BCUT2D eigenvalue weighted by Gasteiger charge is 2.08. The maximum atomic E-state index is 11.8. The molecule has 0 aliphatic heterocycles. The lowest BCUT2D eigenvalue weighted by atomic mass is 10.2. The summed E-state index contributed by atoms with van der Waals surface area (Å²) in [4.78, 5) is 13.5. The van der Waals surface area contributed by atoms with E-state index >= 15 is 0 Å². The Balaban J connectivity index is 2.40. The third-order valence-electron chi connectivity index (χ3n) is 2.56. The number of amides is 1. The van der Waals surface area contributed by atoms with E-state index < -0.39 is 0 Å². The standard InChI is InChI=1S/C13H18BrNO2/c1-15(13(17)4-2-3-9-14)10-11-5-7-12(16)8-6-11/h5-8,16H,2-4,9-10H2,1H3. The van der Waals surface area contributed by atoms with Crippen LogP contribution in [0.4, 0.5) is 0 Å². The van der Waals surface area contributed by atoms with Gasteiger partial charge in [0.15, 0.2) is 0 Å². The summed E-state index contributed by atoms with van der Waals surface area (Å²) in [6.45, 7) is 0.591. The van der Waals surface area contributed by atoms with Crippen LogP contribution in [0.25, 0.3) is 0 Å². The molecule has 0 atom stereocenters. The molecule has 0 radical (unpaired) electrons. The second-order valence-electron chi connectivity index (χ2n) is 4.06. The first-order valence-electron chi connectivity index (χ1n) is 5.71. The topological polar surface area (TPSA) is 40.5 Å². The van der Waals surface area contributed by atoms with E-state index in [1.807, 2.05) is 19.2 Å². The molecule has 0 heterocycles. The number of nitrogens with zero attached hydrogens (tertiary/aromatic N) is 1. The van der Waals surface area contributed by atoms with Crippen LogP contribution in [-0.2, 0) is 11.3 Å². The number of aromatic hydroxyl groups is 1. The summed E-state index contributed by atoms with van der Waals surface area (Å²) in [5.74, 6) is 0.416. The number of phenolic OH excluding ortho intramolecular Hbond substituents is 1. The molecule has 1 N–H and O–H groups in total. The van der Waals surface area contributed by atoms with Gasteiger partial charge in [-0.1, -0.05) is 28.1 Å².